The first-order valence-corrected chi connectivity index (χ1v) is 10.4. The Bertz CT molecular complexity index is 1300. The highest BCUT2D eigenvalue weighted by Crippen LogP contribution is 2.29. The van der Waals surface area contributed by atoms with Crippen molar-refractivity contribution < 1.29 is 19.0 Å². The van der Waals surface area contributed by atoms with Gasteiger partial charge in [0, 0.05) is 22.3 Å². The van der Waals surface area contributed by atoms with Gasteiger partial charge < -0.3 is 24.8 Å². The highest BCUT2D eigenvalue weighted by Gasteiger charge is 2.12. The largest absolute Gasteiger partial charge is 0.497 e. The number of benzene rings is 3. The number of fused-ring (bicyclic) bond motifs is 1. The van der Waals surface area contributed by atoms with Crippen molar-refractivity contribution in [1.82, 2.24) is 4.98 Å². The molecule has 1 aromatic heterocycles. The highest BCUT2D eigenvalue weighted by molar-refractivity contribution is 6.05. The molecule has 0 fully saturated rings. The van der Waals surface area contributed by atoms with Crippen molar-refractivity contribution in [2.45, 2.75) is 6.92 Å². The van der Waals surface area contributed by atoms with Crippen LogP contribution in [0, 0.1) is 6.92 Å². The highest BCUT2D eigenvalue weighted by atomic mass is 16.5. The van der Waals surface area contributed by atoms with Crippen LogP contribution in [-0.2, 0) is 0 Å². The number of amides is 1. The van der Waals surface area contributed by atoms with Crippen LogP contribution >= 0.6 is 0 Å². The van der Waals surface area contributed by atoms with Crippen LogP contribution < -0.4 is 24.8 Å². The topological polar surface area (TPSA) is 81.7 Å². The summed E-state index contributed by atoms with van der Waals surface area (Å²) in [6.07, 6.45) is 0. The lowest BCUT2D eigenvalue weighted by Gasteiger charge is -2.12. The minimum Gasteiger partial charge on any atom is -0.497 e. The second-order valence-corrected chi connectivity index (χ2v) is 7.43. The molecule has 0 spiro atoms. The number of nitrogens with zero attached hydrogens (tertiary/aromatic N) is 1. The van der Waals surface area contributed by atoms with Gasteiger partial charge in [0.05, 0.1) is 26.8 Å². The Morgan fingerprint density at radius 2 is 1.52 bits per heavy atom. The molecule has 2 N–H and O–H groups in total. The van der Waals surface area contributed by atoms with Gasteiger partial charge in [-0.25, -0.2) is 4.98 Å². The van der Waals surface area contributed by atoms with Crippen LogP contribution in [0.5, 0.6) is 17.2 Å². The third kappa shape index (κ3) is 4.82. The first kappa shape index (κ1) is 22.0. The van der Waals surface area contributed by atoms with E-state index in [-0.39, 0.29) is 5.91 Å². The van der Waals surface area contributed by atoms with Gasteiger partial charge in [-0.3, -0.25) is 4.79 Å². The fraction of sp³-hybridized carbons (Fsp3) is 0.154. The maximum absolute atomic E-state index is 12.8. The number of carbonyl (C=O) groups is 1. The lowest BCUT2D eigenvalue weighted by molar-refractivity contribution is 0.102. The van der Waals surface area contributed by atoms with E-state index >= 15 is 0 Å². The zero-order chi connectivity index (χ0) is 23.4. The van der Waals surface area contributed by atoms with Crippen LogP contribution in [0.1, 0.15) is 15.9 Å². The molecule has 0 radical (unpaired) electrons. The molecule has 0 aliphatic carbocycles. The Labute approximate surface area is 192 Å². The second kappa shape index (κ2) is 9.48. The predicted octanol–water partition coefficient (Wildman–Crippen LogP) is 5.56. The molecular formula is C26H25N3O4. The summed E-state index contributed by atoms with van der Waals surface area (Å²) in [6, 6.07) is 20.4. The average Bonchev–Trinajstić information content (AvgIpc) is 2.84. The van der Waals surface area contributed by atoms with E-state index in [4.69, 9.17) is 19.2 Å². The van der Waals surface area contributed by atoms with Crippen molar-refractivity contribution in [2.24, 2.45) is 0 Å². The molecular weight excluding hydrogens is 418 g/mol. The van der Waals surface area contributed by atoms with Gasteiger partial charge in [-0.15, -0.1) is 0 Å². The van der Waals surface area contributed by atoms with Gasteiger partial charge in [-0.2, -0.15) is 0 Å². The summed E-state index contributed by atoms with van der Waals surface area (Å²) < 4.78 is 15.7. The monoisotopic (exact) mass is 443 g/mol. The number of hydrogen-bond donors (Lipinski definition) is 2. The van der Waals surface area contributed by atoms with E-state index in [0.717, 1.165) is 33.7 Å². The molecule has 0 unspecified atom stereocenters. The SMILES string of the molecule is COc1ccc(Nc2cc(C)c3cc(NC(=O)c4ccc(OC)c(OC)c4)ccc3n2)cc1. The molecule has 7 heteroatoms. The Morgan fingerprint density at radius 3 is 2.21 bits per heavy atom. The third-order valence-electron chi connectivity index (χ3n) is 5.28. The Hall–Kier alpha value is -4.26. The molecule has 1 heterocycles. The van der Waals surface area contributed by atoms with Crippen molar-refractivity contribution in [3.63, 3.8) is 0 Å². The summed E-state index contributed by atoms with van der Waals surface area (Å²) in [6.45, 7) is 2.02. The Kier molecular flexibility index (Phi) is 6.31. The first-order chi connectivity index (χ1) is 16.0. The summed E-state index contributed by atoms with van der Waals surface area (Å²) in [5, 5.41) is 7.22. The van der Waals surface area contributed by atoms with Crippen molar-refractivity contribution in [3.05, 3.63) is 77.9 Å². The van der Waals surface area contributed by atoms with Gasteiger partial charge in [0.15, 0.2) is 11.5 Å². The maximum atomic E-state index is 12.8. The number of pyridine rings is 1. The smallest absolute Gasteiger partial charge is 0.255 e. The lowest BCUT2D eigenvalue weighted by Crippen LogP contribution is -2.12. The fourth-order valence-corrected chi connectivity index (χ4v) is 3.54. The van der Waals surface area contributed by atoms with E-state index in [1.54, 1.807) is 32.4 Å². The lowest BCUT2D eigenvalue weighted by atomic mass is 10.1. The number of anilines is 3. The quantitative estimate of drug-likeness (QED) is 0.389. The Morgan fingerprint density at radius 1 is 0.788 bits per heavy atom. The molecule has 7 nitrogen and oxygen atoms in total. The van der Waals surface area contributed by atoms with Crippen LogP contribution in [0.25, 0.3) is 10.9 Å². The molecule has 0 atom stereocenters. The second-order valence-electron chi connectivity index (χ2n) is 7.43. The van der Waals surface area contributed by atoms with E-state index < -0.39 is 0 Å². The van der Waals surface area contributed by atoms with E-state index in [2.05, 4.69) is 10.6 Å². The number of aryl methyl sites for hydroxylation is 1. The Balaban J connectivity index is 1.55. The van der Waals surface area contributed by atoms with Gasteiger partial charge in [0.1, 0.15) is 11.6 Å². The molecule has 1 amide bonds. The summed E-state index contributed by atoms with van der Waals surface area (Å²) in [4.78, 5) is 17.5. The van der Waals surface area contributed by atoms with Gasteiger partial charge in [0.2, 0.25) is 0 Å². The number of rotatable bonds is 7. The number of nitrogens with one attached hydrogen (secondary N) is 2. The molecule has 0 saturated carbocycles. The molecule has 33 heavy (non-hydrogen) atoms. The number of ether oxygens (including phenoxy) is 3. The van der Waals surface area contributed by atoms with Crippen molar-refractivity contribution in [1.29, 1.82) is 0 Å². The van der Waals surface area contributed by atoms with Crippen LogP contribution in [0.4, 0.5) is 17.2 Å². The minimum atomic E-state index is -0.237. The van der Waals surface area contributed by atoms with E-state index in [9.17, 15) is 4.79 Å². The van der Waals surface area contributed by atoms with Crippen molar-refractivity contribution in [3.8, 4) is 17.2 Å². The standard InChI is InChI=1S/C26H25N3O4/c1-16-13-25(27-18-6-9-20(31-2)10-7-18)29-22-11-8-19(15-21(16)22)28-26(30)17-5-12-23(32-3)24(14-17)33-4/h5-15H,1-4H3,(H,27,29)(H,28,30). The van der Waals surface area contributed by atoms with Gasteiger partial charge in [-0.1, -0.05) is 0 Å². The van der Waals surface area contributed by atoms with Crippen LogP contribution in [0.15, 0.2) is 66.7 Å². The molecule has 0 saturated heterocycles. The van der Waals surface area contributed by atoms with E-state index in [1.807, 2.05) is 55.5 Å². The predicted molar refractivity (Wildman–Crippen MR) is 130 cm³/mol. The van der Waals surface area contributed by atoms with Crippen LogP contribution in [0.3, 0.4) is 0 Å². The van der Waals surface area contributed by atoms with Crippen LogP contribution in [-0.4, -0.2) is 32.2 Å². The van der Waals surface area contributed by atoms with Gasteiger partial charge in [0.25, 0.3) is 5.91 Å². The van der Waals surface area contributed by atoms with E-state index in [0.29, 0.717) is 22.7 Å². The number of carbonyl (C=O) groups excluding carboxylic acids is 1. The van der Waals surface area contributed by atoms with E-state index in [1.165, 1.54) is 7.11 Å². The fourth-order valence-electron chi connectivity index (χ4n) is 3.54. The summed E-state index contributed by atoms with van der Waals surface area (Å²) in [5.41, 5.74) is 3.94. The van der Waals surface area contributed by atoms with Crippen LogP contribution in [0.2, 0.25) is 0 Å². The number of hydrogen-bond acceptors (Lipinski definition) is 6. The molecule has 4 rings (SSSR count). The first-order valence-electron chi connectivity index (χ1n) is 10.4. The molecule has 168 valence electrons. The zero-order valence-electron chi connectivity index (χ0n) is 18.9. The van der Waals surface area contributed by atoms with Crippen molar-refractivity contribution >= 4 is 34.0 Å². The normalized spacial score (nSPS) is 10.5. The summed E-state index contributed by atoms with van der Waals surface area (Å²) >= 11 is 0. The summed E-state index contributed by atoms with van der Waals surface area (Å²) in [5.74, 6) is 2.37. The summed E-state index contributed by atoms with van der Waals surface area (Å²) in [7, 11) is 4.73. The van der Waals surface area contributed by atoms with Crippen molar-refractivity contribution in [2.75, 3.05) is 32.0 Å². The molecule has 0 aliphatic rings. The zero-order valence-corrected chi connectivity index (χ0v) is 18.9. The minimum absolute atomic E-state index is 0.237. The molecule has 3 aromatic carbocycles. The van der Waals surface area contributed by atoms with Gasteiger partial charge in [-0.05, 0) is 79.2 Å². The molecule has 4 aromatic rings. The number of aromatic nitrogens is 1. The maximum Gasteiger partial charge on any atom is 0.255 e. The third-order valence-corrected chi connectivity index (χ3v) is 5.28. The number of methoxy groups -OCH3 is 3. The molecule has 0 bridgehead atoms. The molecule has 0 aliphatic heterocycles. The van der Waals surface area contributed by atoms with Gasteiger partial charge >= 0.3 is 0 Å². The average molecular weight is 444 g/mol.